The van der Waals surface area contributed by atoms with E-state index < -0.39 is 0 Å². The number of halogens is 1. The summed E-state index contributed by atoms with van der Waals surface area (Å²) in [6.07, 6.45) is 3.93. The van der Waals surface area contributed by atoms with Gasteiger partial charge in [-0.3, -0.25) is 4.68 Å². The third-order valence-corrected chi connectivity index (χ3v) is 5.71. The van der Waals surface area contributed by atoms with Gasteiger partial charge in [-0.05, 0) is 67.5 Å². The molecule has 1 aromatic rings. The van der Waals surface area contributed by atoms with Crippen LogP contribution in [0.25, 0.3) is 0 Å². The van der Waals surface area contributed by atoms with Crippen LogP contribution in [-0.2, 0) is 0 Å². The molecule has 2 nitrogen and oxygen atoms in total. The predicted octanol–water partition coefficient (Wildman–Crippen LogP) is 4.10. The van der Waals surface area contributed by atoms with Crippen molar-refractivity contribution in [3.05, 3.63) is 15.0 Å². The Labute approximate surface area is 112 Å². The molecule has 1 aliphatic carbocycles. The van der Waals surface area contributed by atoms with Gasteiger partial charge in [-0.2, -0.15) is 5.10 Å². The van der Waals surface area contributed by atoms with E-state index >= 15 is 0 Å². The molecule has 3 atom stereocenters. The second-order valence-electron chi connectivity index (χ2n) is 5.35. The zero-order valence-corrected chi connectivity index (χ0v) is 12.8. The van der Waals surface area contributed by atoms with E-state index in [4.69, 9.17) is 5.10 Å². The number of aryl methyl sites for hydroxylation is 1. The Morgan fingerprint density at radius 1 is 1.19 bits per heavy atom. The van der Waals surface area contributed by atoms with Gasteiger partial charge in [0, 0.05) is 5.69 Å². The van der Waals surface area contributed by atoms with E-state index in [0.29, 0.717) is 6.04 Å². The van der Waals surface area contributed by atoms with Crippen LogP contribution in [0.2, 0.25) is 0 Å². The van der Waals surface area contributed by atoms with Crippen LogP contribution in [0, 0.1) is 29.3 Å². The van der Waals surface area contributed by atoms with Gasteiger partial charge in [0.15, 0.2) is 0 Å². The molecule has 0 aliphatic heterocycles. The number of nitrogens with zero attached hydrogens (tertiary/aromatic N) is 2. The zero-order chi connectivity index (χ0) is 11.9. The maximum absolute atomic E-state index is 4.70. The van der Waals surface area contributed by atoms with E-state index in [9.17, 15) is 0 Å². The minimum Gasteiger partial charge on any atom is -0.265 e. The fourth-order valence-electron chi connectivity index (χ4n) is 2.74. The van der Waals surface area contributed by atoms with Crippen molar-refractivity contribution in [1.29, 1.82) is 0 Å². The molecular formula is C13H21IN2. The van der Waals surface area contributed by atoms with E-state index in [-0.39, 0.29) is 0 Å². The lowest BCUT2D eigenvalue weighted by molar-refractivity contribution is 0.198. The number of rotatable bonds is 1. The first kappa shape index (κ1) is 12.4. The molecular weight excluding hydrogens is 311 g/mol. The highest BCUT2D eigenvalue weighted by atomic mass is 127. The smallest absolute Gasteiger partial charge is 0.0730 e. The average molecular weight is 332 g/mol. The summed E-state index contributed by atoms with van der Waals surface area (Å²) in [5.41, 5.74) is 2.54. The molecule has 1 aliphatic rings. The lowest BCUT2D eigenvalue weighted by Crippen LogP contribution is -2.24. The van der Waals surface area contributed by atoms with Gasteiger partial charge in [0.25, 0.3) is 0 Å². The number of hydrogen-bond donors (Lipinski definition) is 0. The third-order valence-electron chi connectivity index (χ3n) is 4.15. The van der Waals surface area contributed by atoms with Crippen molar-refractivity contribution >= 4 is 22.6 Å². The van der Waals surface area contributed by atoms with Crippen LogP contribution < -0.4 is 0 Å². The van der Waals surface area contributed by atoms with Crippen molar-refractivity contribution in [3.63, 3.8) is 0 Å². The van der Waals surface area contributed by atoms with Crippen molar-refractivity contribution in [2.75, 3.05) is 0 Å². The van der Waals surface area contributed by atoms with Crippen LogP contribution in [0.3, 0.4) is 0 Å². The summed E-state index contributed by atoms with van der Waals surface area (Å²) in [5.74, 6) is 1.72. The highest BCUT2D eigenvalue weighted by Crippen LogP contribution is 2.37. The molecule has 0 N–H and O–H groups in total. The summed E-state index contributed by atoms with van der Waals surface area (Å²) in [6, 6.07) is 0.633. The molecule has 3 heteroatoms. The number of hydrogen-bond acceptors (Lipinski definition) is 1. The van der Waals surface area contributed by atoms with Crippen molar-refractivity contribution in [2.24, 2.45) is 11.8 Å². The number of aromatic nitrogens is 2. The van der Waals surface area contributed by atoms with Gasteiger partial charge in [0.05, 0.1) is 15.3 Å². The molecule has 0 amide bonds. The van der Waals surface area contributed by atoms with Crippen LogP contribution in [0.15, 0.2) is 0 Å². The quantitative estimate of drug-likeness (QED) is 0.708. The Hall–Kier alpha value is -0.0600. The van der Waals surface area contributed by atoms with Crippen LogP contribution in [0.1, 0.15) is 50.5 Å². The average Bonchev–Trinajstić information content (AvgIpc) is 2.50. The van der Waals surface area contributed by atoms with Gasteiger partial charge < -0.3 is 0 Å². The first-order chi connectivity index (χ1) is 7.50. The summed E-state index contributed by atoms with van der Waals surface area (Å²) < 4.78 is 3.61. The van der Waals surface area contributed by atoms with Crippen molar-refractivity contribution in [2.45, 2.75) is 53.0 Å². The van der Waals surface area contributed by atoms with Gasteiger partial charge in [-0.25, -0.2) is 0 Å². The molecule has 0 bridgehead atoms. The van der Waals surface area contributed by atoms with Gasteiger partial charge in [0.1, 0.15) is 0 Å². The lowest BCUT2D eigenvalue weighted by Gasteiger charge is -2.32. The monoisotopic (exact) mass is 332 g/mol. The summed E-state index contributed by atoms with van der Waals surface area (Å²) in [6.45, 7) is 9.07. The van der Waals surface area contributed by atoms with Crippen LogP contribution in [-0.4, -0.2) is 9.78 Å². The highest BCUT2D eigenvalue weighted by Gasteiger charge is 2.27. The molecule has 1 heterocycles. The summed E-state index contributed by atoms with van der Waals surface area (Å²) >= 11 is 2.41. The second-order valence-corrected chi connectivity index (χ2v) is 6.43. The molecule has 3 unspecified atom stereocenters. The first-order valence-corrected chi connectivity index (χ1v) is 7.29. The lowest BCUT2D eigenvalue weighted by atomic mass is 9.79. The van der Waals surface area contributed by atoms with Gasteiger partial charge in [0.2, 0.25) is 0 Å². The summed E-state index contributed by atoms with van der Waals surface area (Å²) in [4.78, 5) is 0. The fraction of sp³-hybridized carbons (Fsp3) is 0.769. The molecule has 2 rings (SSSR count). The highest BCUT2D eigenvalue weighted by molar-refractivity contribution is 14.1. The summed E-state index contributed by atoms with van der Waals surface area (Å²) in [7, 11) is 0. The summed E-state index contributed by atoms with van der Waals surface area (Å²) in [5, 5.41) is 4.70. The minimum absolute atomic E-state index is 0.633. The van der Waals surface area contributed by atoms with Crippen LogP contribution >= 0.6 is 22.6 Å². The van der Waals surface area contributed by atoms with Crippen molar-refractivity contribution in [3.8, 4) is 0 Å². The molecule has 0 saturated heterocycles. The second kappa shape index (κ2) is 4.67. The molecule has 1 saturated carbocycles. The third kappa shape index (κ3) is 2.15. The Balaban J connectivity index is 2.22. The molecule has 1 fully saturated rings. The van der Waals surface area contributed by atoms with E-state index in [1.807, 2.05) is 0 Å². The molecule has 16 heavy (non-hydrogen) atoms. The normalized spacial score (nSPS) is 30.7. The predicted molar refractivity (Wildman–Crippen MR) is 75.6 cm³/mol. The van der Waals surface area contributed by atoms with Crippen molar-refractivity contribution < 1.29 is 0 Å². The maximum Gasteiger partial charge on any atom is 0.0730 e. The van der Waals surface area contributed by atoms with E-state index in [2.05, 4.69) is 55.0 Å². The Kier molecular flexibility index (Phi) is 3.62. The SMILES string of the molecule is Cc1nn(C2CCC(C)C(C)C2)c(C)c1I. The van der Waals surface area contributed by atoms with E-state index in [0.717, 1.165) is 11.8 Å². The molecule has 0 spiro atoms. The molecule has 1 aromatic heterocycles. The van der Waals surface area contributed by atoms with E-state index in [1.54, 1.807) is 0 Å². The molecule has 0 radical (unpaired) electrons. The van der Waals surface area contributed by atoms with Crippen LogP contribution in [0.5, 0.6) is 0 Å². The first-order valence-electron chi connectivity index (χ1n) is 6.22. The standard InChI is InChI=1S/C13H21IN2/c1-8-5-6-12(7-9(8)2)16-11(4)13(14)10(3)15-16/h8-9,12H,5-7H2,1-4H3. The Morgan fingerprint density at radius 2 is 1.88 bits per heavy atom. The van der Waals surface area contributed by atoms with Crippen molar-refractivity contribution in [1.82, 2.24) is 9.78 Å². The zero-order valence-electron chi connectivity index (χ0n) is 10.6. The topological polar surface area (TPSA) is 17.8 Å². The largest absolute Gasteiger partial charge is 0.265 e. The fourth-order valence-corrected chi connectivity index (χ4v) is 3.09. The van der Waals surface area contributed by atoms with E-state index in [1.165, 1.54) is 34.2 Å². The molecule has 0 aromatic carbocycles. The van der Waals surface area contributed by atoms with Gasteiger partial charge in [-0.1, -0.05) is 13.8 Å². The van der Waals surface area contributed by atoms with Gasteiger partial charge >= 0.3 is 0 Å². The van der Waals surface area contributed by atoms with Crippen LogP contribution in [0.4, 0.5) is 0 Å². The Bertz CT molecular complexity index is 384. The maximum atomic E-state index is 4.70. The minimum atomic E-state index is 0.633. The Morgan fingerprint density at radius 3 is 2.38 bits per heavy atom. The van der Waals surface area contributed by atoms with Gasteiger partial charge in [-0.15, -0.1) is 0 Å². The molecule has 90 valence electrons.